The molecule has 0 heterocycles. The Balaban J connectivity index is 1.75. The van der Waals surface area contributed by atoms with Crippen molar-refractivity contribution in [1.82, 2.24) is 10.2 Å². The summed E-state index contributed by atoms with van der Waals surface area (Å²) in [6.45, 7) is 4.93. The lowest BCUT2D eigenvalue weighted by Gasteiger charge is -2.34. The molecular formula is C32H37Cl2N3O4S. The Morgan fingerprint density at radius 1 is 0.929 bits per heavy atom. The highest BCUT2D eigenvalue weighted by atomic mass is 35.5. The van der Waals surface area contributed by atoms with E-state index in [0.717, 1.165) is 35.6 Å². The molecule has 0 spiro atoms. The number of aryl methyl sites for hydroxylation is 1. The molecule has 10 heteroatoms. The number of hydrogen-bond acceptors (Lipinski definition) is 4. The van der Waals surface area contributed by atoms with Crippen molar-refractivity contribution in [2.75, 3.05) is 10.8 Å². The van der Waals surface area contributed by atoms with E-state index in [1.807, 2.05) is 19.9 Å². The predicted molar refractivity (Wildman–Crippen MR) is 168 cm³/mol. The van der Waals surface area contributed by atoms with Crippen LogP contribution < -0.4 is 9.62 Å². The highest BCUT2D eigenvalue weighted by Crippen LogP contribution is 2.32. The van der Waals surface area contributed by atoms with Gasteiger partial charge < -0.3 is 10.2 Å². The number of benzene rings is 3. The first-order chi connectivity index (χ1) is 20.0. The third-order valence-electron chi connectivity index (χ3n) is 7.78. The Morgan fingerprint density at radius 3 is 2.21 bits per heavy atom. The standard InChI is InChI=1S/C32H37Cl2N3O4S/c1-4-29(32(39)35-25-11-6-7-12-25)36(20-24-10-5-8-13-28(24)34)31(38)21-37(30-15-9-14-27(33)23(30)3)42(40,41)26-18-16-22(2)17-19-26/h5,8-10,13-19,25,29H,4,6-7,11-12,20-21H2,1-3H3,(H,35,39). The average Bonchev–Trinajstić information content (AvgIpc) is 3.47. The fourth-order valence-corrected chi connectivity index (χ4v) is 7.15. The predicted octanol–water partition coefficient (Wildman–Crippen LogP) is 6.67. The molecule has 3 aromatic carbocycles. The largest absolute Gasteiger partial charge is 0.352 e. The van der Waals surface area contributed by atoms with Gasteiger partial charge in [0, 0.05) is 22.6 Å². The van der Waals surface area contributed by atoms with Gasteiger partial charge in [0.2, 0.25) is 11.8 Å². The summed E-state index contributed by atoms with van der Waals surface area (Å²) in [6, 6.07) is 17.8. The maximum absolute atomic E-state index is 14.3. The first-order valence-corrected chi connectivity index (χ1v) is 16.4. The van der Waals surface area contributed by atoms with E-state index in [0.29, 0.717) is 27.6 Å². The second kappa shape index (κ2) is 13.9. The van der Waals surface area contributed by atoms with Gasteiger partial charge in [0.1, 0.15) is 12.6 Å². The van der Waals surface area contributed by atoms with Crippen LogP contribution in [0.2, 0.25) is 10.0 Å². The van der Waals surface area contributed by atoms with Crippen molar-refractivity contribution in [3.63, 3.8) is 0 Å². The van der Waals surface area contributed by atoms with Gasteiger partial charge in [0.15, 0.2) is 0 Å². The Hall–Kier alpha value is -3.07. The van der Waals surface area contributed by atoms with Crippen molar-refractivity contribution < 1.29 is 18.0 Å². The molecule has 4 rings (SSSR count). The summed E-state index contributed by atoms with van der Waals surface area (Å²) in [6.07, 6.45) is 4.24. The topological polar surface area (TPSA) is 86.8 Å². The molecule has 7 nitrogen and oxygen atoms in total. The SMILES string of the molecule is CCC(C(=O)NC1CCCC1)N(Cc1ccccc1Cl)C(=O)CN(c1cccc(Cl)c1C)S(=O)(=O)c1ccc(C)cc1. The zero-order valence-electron chi connectivity index (χ0n) is 24.1. The number of sulfonamides is 1. The van der Waals surface area contributed by atoms with Crippen molar-refractivity contribution in [2.45, 2.75) is 76.4 Å². The van der Waals surface area contributed by atoms with Crippen LogP contribution in [0.15, 0.2) is 71.6 Å². The number of nitrogens with one attached hydrogen (secondary N) is 1. The number of rotatable bonds is 11. The van der Waals surface area contributed by atoms with E-state index in [9.17, 15) is 18.0 Å². The highest BCUT2D eigenvalue weighted by Gasteiger charge is 2.35. The van der Waals surface area contributed by atoms with Crippen molar-refractivity contribution in [1.29, 1.82) is 0 Å². The minimum atomic E-state index is -4.19. The Morgan fingerprint density at radius 2 is 1.57 bits per heavy atom. The lowest BCUT2D eigenvalue weighted by Crippen LogP contribution is -2.53. The Bertz CT molecular complexity index is 1520. The van der Waals surface area contributed by atoms with Crippen LogP contribution in [0.3, 0.4) is 0 Å². The number of amides is 2. The molecule has 1 aliphatic rings. The summed E-state index contributed by atoms with van der Waals surface area (Å²) in [5.74, 6) is -0.782. The molecule has 0 radical (unpaired) electrons. The second-order valence-corrected chi connectivity index (χ2v) is 13.4. The second-order valence-electron chi connectivity index (χ2n) is 10.7. The van der Waals surface area contributed by atoms with Gasteiger partial charge in [0.25, 0.3) is 10.0 Å². The summed E-state index contributed by atoms with van der Waals surface area (Å²) in [5.41, 5.74) is 2.37. The van der Waals surface area contributed by atoms with Crippen molar-refractivity contribution in [3.05, 3.63) is 93.5 Å². The monoisotopic (exact) mass is 629 g/mol. The van der Waals surface area contributed by atoms with Gasteiger partial charge in [-0.2, -0.15) is 0 Å². The van der Waals surface area contributed by atoms with Gasteiger partial charge in [-0.05, 0) is 74.6 Å². The van der Waals surface area contributed by atoms with Crippen LogP contribution in [0.4, 0.5) is 5.69 Å². The van der Waals surface area contributed by atoms with Crippen LogP contribution >= 0.6 is 23.2 Å². The highest BCUT2D eigenvalue weighted by molar-refractivity contribution is 7.92. The number of hydrogen-bond donors (Lipinski definition) is 1. The minimum absolute atomic E-state index is 0.0437. The molecule has 224 valence electrons. The molecule has 0 aliphatic heterocycles. The first-order valence-electron chi connectivity index (χ1n) is 14.2. The number of carbonyl (C=O) groups excluding carboxylic acids is 2. The zero-order chi connectivity index (χ0) is 30.4. The summed E-state index contributed by atoms with van der Waals surface area (Å²) in [4.78, 5) is 29.3. The van der Waals surface area contributed by atoms with E-state index < -0.39 is 28.5 Å². The quantitative estimate of drug-likeness (QED) is 0.256. The van der Waals surface area contributed by atoms with E-state index in [-0.39, 0.29) is 29.1 Å². The fourth-order valence-electron chi connectivity index (χ4n) is 5.31. The van der Waals surface area contributed by atoms with E-state index in [2.05, 4.69) is 5.32 Å². The molecule has 1 N–H and O–H groups in total. The van der Waals surface area contributed by atoms with Gasteiger partial charge in [-0.3, -0.25) is 13.9 Å². The van der Waals surface area contributed by atoms with E-state index in [1.165, 1.54) is 17.0 Å². The Kier molecular flexibility index (Phi) is 10.6. The van der Waals surface area contributed by atoms with Crippen molar-refractivity contribution in [3.8, 4) is 0 Å². The van der Waals surface area contributed by atoms with Crippen molar-refractivity contribution >= 4 is 50.7 Å². The van der Waals surface area contributed by atoms with Gasteiger partial charge in [-0.15, -0.1) is 0 Å². The molecule has 0 saturated heterocycles. The van der Waals surface area contributed by atoms with Gasteiger partial charge in [0.05, 0.1) is 10.6 Å². The molecule has 3 aromatic rings. The van der Waals surface area contributed by atoms with Crippen LogP contribution in [0, 0.1) is 13.8 Å². The fraction of sp³-hybridized carbons (Fsp3) is 0.375. The van der Waals surface area contributed by atoms with Gasteiger partial charge in [-0.25, -0.2) is 8.42 Å². The molecular weight excluding hydrogens is 593 g/mol. The first kappa shape index (κ1) is 31.9. The third-order valence-corrected chi connectivity index (χ3v) is 10.3. The van der Waals surface area contributed by atoms with E-state index >= 15 is 0 Å². The van der Waals surface area contributed by atoms with Gasteiger partial charge in [-0.1, -0.05) is 84.9 Å². The normalized spacial score (nSPS) is 14.4. The number of carbonyl (C=O) groups is 2. The van der Waals surface area contributed by atoms with Crippen LogP contribution in [0.25, 0.3) is 0 Å². The lowest BCUT2D eigenvalue weighted by molar-refractivity contribution is -0.140. The zero-order valence-corrected chi connectivity index (χ0v) is 26.5. The third kappa shape index (κ3) is 7.28. The molecule has 1 unspecified atom stereocenters. The lowest BCUT2D eigenvalue weighted by atomic mass is 10.1. The summed E-state index contributed by atoms with van der Waals surface area (Å²) < 4.78 is 29.3. The molecule has 0 bridgehead atoms. The molecule has 1 saturated carbocycles. The van der Waals surface area contributed by atoms with Gasteiger partial charge >= 0.3 is 0 Å². The number of anilines is 1. The molecule has 1 atom stereocenters. The maximum atomic E-state index is 14.3. The van der Waals surface area contributed by atoms with Crippen LogP contribution in [-0.4, -0.2) is 43.8 Å². The molecule has 2 amide bonds. The summed E-state index contributed by atoms with van der Waals surface area (Å²) in [5, 5.41) is 3.94. The van der Waals surface area contributed by atoms with Crippen LogP contribution in [0.1, 0.15) is 55.7 Å². The van der Waals surface area contributed by atoms with Crippen LogP contribution in [-0.2, 0) is 26.2 Å². The number of nitrogens with zero attached hydrogens (tertiary/aromatic N) is 2. The average molecular weight is 631 g/mol. The van der Waals surface area contributed by atoms with E-state index in [1.54, 1.807) is 55.5 Å². The Labute approximate surface area is 258 Å². The molecule has 1 aliphatic carbocycles. The van der Waals surface area contributed by atoms with Crippen LogP contribution in [0.5, 0.6) is 0 Å². The minimum Gasteiger partial charge on any atom is -0.352 e. The molecule has 0 aromatic heterocycles. The van der Waals surface area contributed by atoms with Crippen molar-refractivity contribution in [2.24, 2.45) is 0 Å². The smallest absolute Gasteiger partial charge is 0.264 e. The number of halogens is 2. The summed E-state index contributed by atoms with van der Waals surface area (Å²) >= 11 is 12.9. The molecule has 1 fully saturated rings. The molecule has 42 heavy (non-hydrogen) atoms. The van der Waals surface area contributed by atoms with E-state index in [4.69, 9.17) is 23.2 Å². The summed E-state index contributed by atoms with van der Waals surface area (Å²) in [7, 11) is -4.19. The maximum Gasteiger partial charge on any atom is 0.264 e.